The smallest absolute Gasteiger partial charge is 0.0995 e. The van der Waals surface area contributed by atoms with E-state index >= 15 is 4.48 Å². The minimum absolute atomic E-state index is 0.254. The molecule has 2 atom stereocenters. The van der Waals surface area contributed by atoms with Crippen molar-refractivity contribution < 1.29 is 4.48 Å². The maximum atomic E-state index is 16.1. The minimum atomic E-state index is 0.254. The van der Waals surface area contributed by atoms with Crippen LogP contribution < -0.4 is 10.9 Å². The molecule has 6 heteroatoms. The van der Waals surface area contributed by atoms with E-state index in [1.54, 1.807) is 6.33 Å². The van der Waals surface area contributed by atoms with Crippen LogP contribution >= 0.6 is 0 Å². The van der Waals surface area contributed by atoms with Crippen molar-refractivity contribution in [1.29, 1.82) is 0 Å². The molecule has 5 rings (SSSR count). The number of allylic oxidation sites excluding steroid dienone is 4. The zero-order valence-electron chi connectivity index (χ0n) is 22.9. The van der Waals surface area contributed by atoms with Gasteiger partial charge < -0.3 is 10.3 Å². The summed E-state index contributed by atoms with van der Waals surface area (Å²) < 4.78 is 18.1. The maximum Gasteiger partial charge on any atom is 0.0995 e. The molecule has 2 unspecified atom stereocenters. The lowest BCUT2D eigenvalue weighted by Gasteiger charge is -2.35. The first kappa shape index (κ1) is 26.4. The summed E-state index contributed by atoms with van der Waals surface area (Å²) in [6, 6.07) is 12.2. The third kappa shape index (κ3) is 6.25. The quantitative estimate of drug-likeness (QED) is 0.333. The molecule has 38 heavy (non-hydrogen) atoms. The van der Waals surface area contributed by atoms with Crippen molar-refractivity contribution in [2.75, 3.05) is 18.2 Å². The Morgan fingerprint density at radius 2 is 1.95 bits per heavy atom. The fraction of sp³-hybridized carbons (Fsp3) is 0.406. The molecule has 0 spiro atoms. The van der Waals surface area contributed by atoms with Gasteiger partial charge in [-0.1, -0.05) is 41.3 Å². The van der Waals surface area contributed by atoms with Crippen molar-refractivity contribution in [2.24, 2.45) is 11.7 Å². The average molecular weight is 514 g/mol. The predicted molar refractivity (Wildman–Crippen MR) is 155 cm³/mol. The van der Waals surface area contributed by atoms with E-state index in [-0.39, 0.29) is 6.04 Å². The standard InChI is InChI=1S/C32H40FN5/c1-23-9-12-29(17-28(23)11-10-26-7-5-4-6-8-26)38(33)31-16-27(21-36-14-13-32(34)24(2)19-36)15-30(18-31)37-20-25(3)35-22-37/h5,7-9,12,15-18,20,22,24,32H,4,6,10-11,13-14,19,21,34H2,1-3H3. The Labute approximate surface area is 226 Å². The van der Waals surface area contributed by atoms with E-state index in [0.717, 1.165) is 73.8 Å². The lowest BCUT2D eigenvalue weighted by Crippen LogP contribution is -2.45. The lowest BCUT2D eigenvalue weighted by molar-refractivity contribution is 0.158. The molecule has 1 fully saturated rings. The van der Waals surface area contributed by atoms with Crippen LogP contribution in [0.25, 0.3) is 5.69 Å². The molecule has 1 aliphatic carbocycles. The van der Waals surface area contributed by atoms with Crippen molar-refractivity contribution in [3.8, 4) is 5.69 Å². The van der Waals surface area contributed by atoms with Crippen molar-refractivity contribution in [1.82, 2.24) is 14.5 Å². The maximum absolute atomic E-state index is 16.1. The number of hydrogen-bond donors (Lipinski definition) is 1. The molecule has 2 aromatic carbocycles. The Morgan fingerprint density at radius 3 is 2.68 bits per heavy atom. The molecular formula is C32H40FN5. The van der Waals surface area contributed by atoms with E-state index in [0.29, 0.717) is 17.3 Å². The van der Waals surface area contributed by atoms with Crippen LogP contribution in [-0.4, -0.2) is 33.6 Å². The molecule has 5 nitrogen and oxygen atoms in total. The lowest BCUT2D eigenvalue weighted by atomic mass is 9.94. The molecule has 200 valence electrons. The Balaban J connectivity index is 1.41. The van der Waals surface area contributed by atoms with Crippen LogP contribution in [0.5, 0.6) is 0 Å². The number of imidazole rings is 1. The Hall–Kier alpha value is -3.22. The summed E-state index contributed by atoms with van der Waals surface area (Å²) >= 11 is 0. The molecular weight excluding hydrogens is 473 g/mol. The second-order valence-electron chi connectivity index (χ2n) is 11.1. The van der Waals surface area contributed by atoms with E-state index in [9.17, 15) is 0 Å². The van der Waals surface area contributed by atoms with Gasteiger partial charge in [0.15, 0.2) is 0 Å². The number of piperidine rings is 1. The van der Waals surface area contributed by atoms with Crippen LogP contribution in [-0.2, 0) is 13.0 Å². The van der Waals surface area contributed by atoms with E-state index < -0.39 is 0 Å². The monoisotopic (exact) mass is 513 g/mol. The molecule has 1 aromatic heterocycles. The van der Waals surface area contributed by atoms with Crippen LogP contribution in [0.2, 0.25) is 0 Å². The normalized spacial score (nSPS) is 20.0. The van der Waals surface area contributed by atoms with Crippen molar-refractivity contribution in [2.45, 2.75) is 65.5 Å². The van der Waals surface area contributed by atoms with Gasteiger partial charge in [-0.05, 0) is 105 Å². The van der Waals surface area contributed by atoms with Crippen molar-refractivity contribution in [3.63, 3.8) is 0 Å². The Kier molecular flexibility index (Phi) is 8.10. The SMILES string of the molecule is Cc1cn(-c2cc(CN3CCC(N)C(C)C3)cc(N(F)c3ccc(C)c(CCC4=CCCC=C4)c3)c2)cn1. The second-order valence-corrected chi connectivity index (χ2v) is 11.1. The van der Waals surface area contributed by atoms with E-state index in [1.165, 1.54) is 16.7 Å². The molecule has 0 bridgehead atoms. The average Bonchev–Trinajstić information content (AvgIpc) is 3.36. The highest BCUT2D eigenvalue weighted by atomic mass is 19.2. The highest BCUT2D eigenvalue weighted by molar-refractivity contribution is 5.65. The topological polar surface area (TPSA) is 50.3 Å². The van der Waals surface area contributed by atoms with Gasteiger partial charge in [-0.25, -0.2) is 4.98 Å². The van der Waals surface area contributed by atoms with Crippen LogP contribution in [0.3, 0.4) is 0 Å². The number of aryl methyl sites for hydroxylation is 3. The molecule has 2 aliphatic rings. The zero-order valence-corrected chi connectivity index (χ0v) is 22.9. The summed E-state index contributed by atoms with van der Waals surface area (Å²) in [5.41, 5.74) is 14.0. The largest absolute Gasteiger partial charge is 0.327 e. The van der Waals surface area contributed by atoms with Crippen LogP contribution in [0.15, 0.2) is 72.7 Å². The van der Waals surface area contributed by atoms with Crippen LogP contribution in [0, 0.1) is 19.8 Å². The molecule has 1 saturated heterocycles. The second kappa shape index (κ2) is 11.7. The fourth-order valence-corrected chi connectivity index (χ4v) is 5.55. The Bertz CT molecular complexity index is 1320. The highest BCUT2D eigenvalue weighted by Gasteiger charge is 2.23. The van der Waals surface area contributed by atoms with Crippen molar-refractivity contribution in [3.05, 3.63) is 95.1 Å². The number of anilines is 2. The van der Waals surface area contributed by atoms with Gasteiger partial charge in [-0.2, -0.15) is 5.12 Å². The number of benzene rings is 2. The van der Waals surface area contributed by atoms with Gasteiger partial charge in [-0.15, -0.1) is 0 Å². The first-order valence-electron chi connectivity index (χ1n) is 13.9. The molecule has 1 aliphatic heterocycles. The fourth-order valence-electron chi connectivity index (χ4n) is 5.55. The summed E-state index contributed by atoms with van der Waals surface area (Å²) in [4.78, 5) is 6.82. The third-order valence-electron chi connectivity index (χ3n) is 7.97. The van der Waals surface area contributed by atoms with Gasteiger partial charge in [0.1, 0.15) is 0 Å². The first-order valence-corrected chi connectivity index (χ1v) is 13.9. The van der Waals surface area contributed by atoms with Crippen molar-refractivity contribution >= 4 is 11.4 Å². The number of likely N-dealkylation sites (tertiary alicyclic amines) is 1. The van der Waals surface area contributed by atoms with Gasteiger partial charge in [0.2, 0.25) is 0 Å². The van der Waals surface area contributed by atoms with Gasteiger partial charge >= 0.3 is 0 Å². The minimum Gasteiger partial charge on any atom is -0.327 e. The van der Waals surface area contributed by atoms with E-state index in [4.69, 9.17) is 5.73 Å². The molecule has 0 radical (unpaired) electrons. The van der Waals surface area contributed by atoms with E-state index in [1.807, 2.05) is 48.0 Å². The summed E-state index contributed by atoms with van der Waals surface area (Å²) in [5.74, 6) is 0.450. The van der Waals surface area contributed by atoms with Crippen LogP contribution in [0.1, 0.15) is 55.0 Å². The third-order valence-corrected chi connectivity index (χ3v) is 7.97. The number of nitrogens with zero attached hydrogens (tertiary/aromatic N) is 4. The molecule has 3 aromatic rings. The van der Waals surface area contributed by atoms with Crippen LogP contribution in [0.4, 0.5) is 15.9 Å². The highest BCUT2D eigenvalue weighted by Crippen LogP contribution is 2.32. The zero-order chi connectivity index (χ0) is 26.6. The predicted octanol–water partition coefficient (Wildman–Crippen LogP) is 6.89. The van der Waals surface area contributed by atoms with Gasteiger partial charge in [0, 0.05) is 31.0 Å². The number of rotatable bonds is 8. The first-order chi connectivity index (χ1) is 18.4. The van der Waals surface area contributed by atoms with Gasteiger partial charge in [-0.3, -0.25) is 4.90 Å². The molecule has 2 N–H and O–H groups in total. The van der Waals surface area contributed by atoms with Gasteiger partial charge in [0.05, 0.1) is 23.4 Å². The number of nitrogens with two attached hydrogens (primary N) is 1. The summed E-state index contributed by atoms with van der Waals surface area (Å²) in [7, 11) is 0. The van der Waals surface area contributed by atoms with Gasteiger partial charge in [0.25, 0.3) is 0 Å². The molecule has 0 saturated carbocycles. The summed E-state index contributed by atoms with van der Waals surface area (Å²) in [5, 5.41) is 0.828. The summed E-state index contributed by atoms with van der Waals surface area (Å²) in [6.07, 6.45) is 15.7. The molecule has 2 heterocycles. The Morgan fingerprint density at radius 1 is 1.08 bits per heavy atom. The number of halogens is 1. The number of aromatic nitrogens is 2. The molecule has 0 amide bonds. The van der Waals surface area contributed by atoms with E-state index in [2.05, 4.69) is 48.0 Å². The summed E-state index contributed by atoms with van der Waals surface area (Å²) in [6.45, 7) is 8.97. The number of hydrogen-bond acceptors (Lipinski definition) is 4.